The molecule has 0 amide bonds. The fourth-order valence-corrected chi connectivity index (χ4v) is 4.84. The van der Waals surface area contributed by atoms with Crippen LogP contribution in [0.1, 0.15) is 31.2 Å². The van der Waals surface area contributed by atoms with E-state index in [2.05, 4.69) is 4.98 Å². The van der Waals surface area contributed by atoms with Crippen molar-refractivity contribution in [3.8, 4) is 5.75 Å². The highest BCUT2D eigenvalue weighted by Gasteiger charge is 2.70. The van der Waals surface area contributed by atoms with Crippen LogP contribution in [-0.2, 0) is 16.0 Å². The summed E-state index contributed by atoms with van der Waals surface area (Å²) in [4.78, 5) is 28.9. The van der Waals surface area contributed by atoms with Crippen molar-refractivity contribution < 1.29 is 14.3 Å². The lowest BCUT2D eigenvalue weighted by Gasteiger charge is -2.70. The van der Waals surface area contributed by atoms with Crippen LogP contribution in [-0.4, -0.2) is 23.2 Å². The Morgan fingerprint density at radius 2 is 1.89 bits per heavy atom. The molecule has 0 N–H and O–H groups in total. The normalized spacial score (nSPS) is 25.3. The van der Waals surface area contributed by atoms with Crippen molar-refractivity contribution in [2.45, 2.75) is 32.1 Å². The molecule has 0 saturated heterocycles. The summed E-state index contributed by atoms with van der Waals surface area (Å²) in [6, 6.07) is 8.70. The highest BCUT2D eigenvalue weighted by Crippen LogP contribution is 2.75. The van der Waals surface area contributed by atoms with E-state index in [1.807, 2.05) is 12.1 Å². The summed E-state index contributed by atoms with van der Waals surface area (Å²) in [6.45, 7) is 0.0103. The molecular formula is C21H19Cl2NO3. The third kappa shape index (κ3) is 3.61. The molecule has 3 saturated carbocycles. The third-order valence-electron chi connectivity index (χ3n) is 5.68. The molecule has 140 valence electrons. The van der Waals surface area contributed by atoms with E-state index in [4.69, 9.17) is 27.9 Å². The van der Waals surface area contributed by atoms with Crippen molar-refractivity contribution in [1.82, 2.24) is 4.98 Å². The summed E-state index contributed by atoms with van der Waals surface area (Å²) < 4.78 is 5.52. The molecule has 27 heavy (non-hydrogen) atoms. The number of halogens is 2. The van der Waals surface area contributed by atoms with Gasteiger partial charge >= 0.3 is 0 Å². The van der Waals surface area contributed by atoms with E-state index < -0.39 is 0 Å². The molecule has 0 radical (unpaired) electrons. The van der Waals surface area contributed by atoms with Crippen molar-refractivity contribution in [3.63, 3.8) is 0 Å². The van der Waals surface area contributed by atoms with E-state index in [0.717, 1.165) is 24.8 Å². The van der Waals surface area contributed by atoms with Crippen LogP contribution in [0.15, 0.2) is 42.7 Å². The Balaban J connectivity index is 1.25. The van der Waals surface area contributed by atoms with Gasteiger partial charge < -0.3 is 4.74 Å². The summed E-state index contributed by atoms with van der Waals surface area (Å²) in [7, 11) is 0. The number of rotatable bonds is 8. The number of ketones is 2. The molecule has 4 nitrogen and oxygen atoms in total. The minimum atomic E-state index is -0.208. The minimum Gasteiger partial charge on any atom is -0.486 e. The van der Waals surface area contributed by atoms with E-state index >= 15 is 0 Å². The Labute approximate surface area is 167 Å². The van der Waals surface area contributed by atoms with Gasteiger partial charge in [0, 0.05) is 36.7 Å². The number of carbonyl (C=O) groups is 2. The van der Waals surface area contributed by atoms with Gasteiger partial charge in [-0.25, -0.2) is 0 Å². The fourth-order valence-electron chi connectivity index (χ4n) is 4.56. The van der Waals surface area contributed by atoms with Gasteiger partial charge in [0.25, 0.3) is 0 Å². The Morgan fingerprint density at radius 3 is 2.56 bits per heavy atom. The van der Waals surface area contributed by atoms with Crippen molar-refractivity contribution in [2.24, 2.45) is 10.8 Å². The molecule has 0 atom stereocenters. The van der Waals surface area contributed by atoms with Crippen molar-refractivity contribution in [2.75, 3.05) is 6.61 Å². The lowest BCUT2D eigenvalue weighted by atomic mass is 9.33. The SMILES string of the molecule is O=C(COc1ccc(Cl)c(Cl)c1)CC12CC(C(=O)Cc3cccnc3)(C1)C2. The highest BCUT2D eigenvalue weighted by molar-refractivity contribution is 6.42. The predicted molar refractivity (Wildman–Crippen MR) is 103 cm³/mol. The molecule has 3 aliphatic carbocycles. The molecular weight excluding hydrogens is 385 g/mol. The first kappa shape index (κ1) is 18.5. The van der Waals surface area contributed by atoms with Gasteiger partial charge in [-0.3, -0.25) is 14.6 Å². The number of aromatic nitrogens is 1. The summed E-state index contributed by atoms with van der Waals surface area (Å²) in [5.74, 6) is 0.851. The number of benzene rings is 1. The quantitative estimate of drug-likeness (QED) is 0.640. The third-order valence-corrected chi connectivity index (χ3v) is 6.42. The number of hydrogen-bond donors (Lipinski definition) is 0. The van der Waals surface area contributed by atoms with Gasteiger partial charge in [-0.1, -0.05) is 29.3 Å². The van der Waals surface area contributed by atoms with E-state index in [0.29, 0.717) is 28.6 Å². The Morgan fingerprint density at radius 1 is 1.11 bits per heavy atom. The standard InChI is InChI=1S/C21H19Cl2NO3/c22-17-4-3-16(7-18(17)23)27-10-15(25)8-20-11-21(12-20,13-20)19(26)6-14-2-1-5-24-9-14/h1-5,7,9H,6,8,10-13H2. The molecule has 3 fully saturated rings. The maximum Gasteiger partial charge on any atom is 0.170 e. The molecule has 0 aliphatic heterocycles. The lowest BCUT2D eigenvalue weighted by molar-refractivity contribution is -0.207. The second kappa shape index (κ2) is 6.92. The monoisotopic (exact) mass is 403 g/mol. The van der Waals surface area contributed by atoms with E-state index in [1.165, 1.54) is 0 Å². The van der Waals surface area contributed by atoms with Gasteiger partial charge in [-0.2, -0.15) is 0 Å². The van der Waals surface area contributed by atoms with Crippen LogP contribution in [0, 0.1) is 10.8 Å². The number of ether oxygens (including phenoxy) is 1. The fraction of sp³-hybridized carbons (Fsp3) is 0.381. The average molecular weight is 404 g/mol. The van der Waals surface area contributed by atoms with Crippen LogP contribution < -0.4 is 4.74 Å². The van der Waals surface area contributed by atoms with Gasteiger partial charge in [0.05, 0.1) is 10.0 Å². The largest absolute Gasteiger partial charge is 0.486 e. The topological polar surface area (TPSA) is 56.3 Å². The first-order valence-corrected chi connectivity index (χ1v) is 9.67. The molecule has 5 rings (SSSR count). The van der Waals surface area contributed by atoms with Gasteiger partial charge in [-0.15, -0.1) is 0 Å². The number of hydrogen-bond acceptors (Lipinski definition) is 4. The molecule has 1 heterocycles. The smallest absolute Gasteiger partial charge is 0.170 e. The van der Waals surface area contributed by atoms with Gasteiger partial charge in [0.2, 0.25) is 0 Å². The van der Waals surface area contributed by atoms with E-state index in [9.17, 15) is 9.59 Å². The highest BCUT2D eigenvalue weighted by atomic mass is 35.5. The lowest BCUT2D eigenvalue weighted by Crippen LogP contribution is -2.66. The maximum atomic E-state index is 12.6. The second-order valence-electron chi connectivity index (χ2n) is 7.85. The molecule has 3 aliphatic rings. The number of pyridine rings is 1. The van der Waals surface area contributed by atoms with E-state index in [1.54, 1.807) is 30.6 Å². The van der Waals surface area contributed by atoms with E-state index in [-0.39, 0.29) is 29.0 Å². The summed E-state index contributed by atoms with van der Waals surface area (Å²) >= 11 is 11.8. The molecule has 2 aromatic rings. The molecule has 1 aromatic carbocycles. The van der Waals surface area contributed by atoms with Gasteiger partial charge in [0.1, 0.15) is 18.1 Å². The molecule has 1 aromatic heterocycles. The van der Waals surface area contributed by atoms with Crippen LogP contribution in [0.2, 0.25) is 10.0 Å². The maximum absolute atomic E-state index is 12.6. The van der Waals surface area contributed by atoms with Crippen molar-refractivity contribution in [3.05, 3.63) is 58.3 Å². The first-order valence-electron chi connectivity index (χ1n) is 8.92. The first-order chi connectivity index (χ1) is 12.9. The predicted octanol–water partition coefficient (Wildman–Crippen LogP) is 4.71. The van der Waals surface area contributed by atoms with Crippen LogP contribution >= 0.6 is 23.2 Å². The van der Waals surface area contributed by atoms with Crippen LogP contribution in [0.5, 0.6) is 5.75 Å². The Kier molecular flexibility index (Phi) is 4.73. The molecule has 0 spiro atoms. The number of carbonyl (C=O) groups excluding carboxylic acids is 2. The number of nitrogens with zero attached hydrogens (tertiary/aromatic N) is 1. The summed E-state index contributed by atoms with van der Waals surface area (Å²) in [5, 5.41) is 0.848. The number of Topliss-reactive ketones (excluding diaryl/α,β-unsaturated/α-hetero) is 2. The van der Waals surface area contributed by atoms with Crippen LogP contribution in [0.25, 0.3) is 0 Å². The zero-order valence-electron chi connectivity index (χ0n) is 14.7. The van der Waals surface area contributed by atoms with Crippen LogP contribution in [0.4, 0.5) is 0 Å². The molecule has 2 bridgehead atoms. The summed E-state index contributed by atoms with van der Waals surface area (Å²) in [6.07, 6.45) is 6.79. The second-order valence-corrected chi connectivity index (χ2v) is 8.67. The van der Waals surface area contributed by atoms with Crippen molar-refractivity contribution >= 4 is 34.8 Å². The van der Waals surface area contributed by atoms with Gasteiger partial charge in [-0.05, 0) is 48.4 Å². The summed E-state index contributed by atoms with van der Waals surface area (Å²) in [5.41, 5.74) is 0.746. The van der Waals surface area contributed by atoms with Crippen LogP contribution in [0.3, 0.4) is 0 Å². The Bertz CT molecular complexity index is 878. The zero-order valence-corrected chi connectivity index (χ0v) is 16.2. The van der Waals surface area contributed by atoms with Gasteiger partial charge in [0.15, 0.2) is 5.78 Å². The Hall–Kier alpha value is -1.91. The van der Waals surface area contributed by atoms with Crippen molar-refractivity contribution in [1.29, 1.82) is 0 Å². The average Bonchev–Trinajstić information content (AvgIpc) is 2.58. The minimum absolute atomic E-state index is 0.00266. The molecule has 6 heteroatoms. The zero-order chi connectivity index (χ0) is 19.1. The molecule has 0 unspecified atom stereocenters.